The van der Waals surface area contributed by atoms with Gasteiger partial charge in [-0.3, -0.25) is 15.0 Å². The van der Waals surface area contributed by atoms with E-state index in [1.807, 2.05) is 36.4 Å². The van der Waals surface area contributed by atoms with Crippen molar-refractivity contribution in [2.24, 2.45) is 5.14 Å². The van der Waals surface area contributed by atoms with Crippen LogP contribution in [0.2, 0.25) is 0 Å². The number of rotatable bonds is 6. The summed E-state index contributed by atoms with van der Waals surface area (Å²) in [5.41, 5.74) is 2.75. The largest absolute Gasteiger partial charge is 0.453 e. The maximum atomic E-state index is 12.6. The Morgan fingerprint density at radius 2 is 1.65 bits per heavy atom. The minimum atomic E-state index is -4.04. The molecule has 4 N–H and O–H groups in total. The molecule has 1 fully saturated rings. The van der Waals surface area contributed by atoms with E-state index in [4.69, 9.17) is 10.5 Å². The van der Waals surface area contributed by atoms with Gasteiger partial charge in [-0.25, -0.2) is 9.93 Å². The number of nitrogens with two attached hydrogens (primary N) is 1. The van der Waals surface area contributed by atoms with Crippen molar-refractivity contribution in [1.82, 2.24) is 10.2 Å². The van der Waals surface area contributed by atoms with Crippen molar-refractivity contribution in [1.29, 1.82) is 5.41 Å². The number of halogens is 3. The summed E-state index contributed by atoms with van der Waals surface area (Å²) in [5.74, 6) is -0.0959. The van der Waals surface area contributed by atoms with Gasteiger partial charge in [-0.1, -0.05) is 24.3 Å². The third kappa shape index (κ3) is 8.85. The van der Waals surface area contributed by atoms with Crippen LogP contribution in [0.5, 0.6) is 0 Å². The minimum absolute atomic E-state index is 0. The highest BCUT2D eigenvalue weighted by molar-refractivity contribution is 7.90. The Morgan fingerprint density at radius 1 is 0.975 bits per heavy atom. The molecule has 10 nitrogen and oxygen atoms in total. The van der Waals surface area contributed by atoms with Crippen LogP contribution in [0.15, 0.2) is 60.7 Å². The molecule has 1 saturated heterocycles. The highest BCUT2D eigenvalue weighted by Gasteiger charge is 2.20. The van der Waals surface area contributed by atoms with E-state index < -0.39 is 16.3 Å². The molecule has 1 heterocycles. The van der Waals surface area contributed by atoms with Crippen LogP contribution in [0.4, 0.5) is 16.2 Å². The molecular formula is C26H35Cl3N6O4S. The summed E-state index contributed by atoms with van der Waals surface area (Å²) >= 11 is 0. The summed E-state index contributed by atoms with van der Waals surface area (Å²) in [6.07, 6.45) is 0.348. The van der Waals surface area contributed by atoms with E-state index in [-0.39, 0.29) is 49.6 Å². The number of amides is 1. The lowest BCUT2D eigenvalue weighted by Crippen LogP contribution is -2.36. The van der Waals surface area contributed by atoms with Crippen LogP contribution in [0.1, 0.15) is 17.5 Å². The van der Waals surface area contributed by atoms with E-state index in [1.54, 1.807) is 24.3 Å². The number of likely N-dealkylation sites (N-methyl/N-ethyl adjacent to an activating group) is 1. The van der Waals surface area contributed by atoms with Crippen molar-refractivity contribution in [2.75, 3.05) is 49.5 Å². The lowest BCUT2D eigenvalue weighted by Gasteiger charge is -2.25. The Balaban J connectivity index is 0.00000267. The first-order chi connectivity index (χ1) is 17.6. The van der Waals surface area contributed by atoms with Crippen LogP contribution in [0.3, 0.4) is 0 Å². The second-order valence-electron chi connectivity index (χ2n) is 9.10. The maximum absolute atomic E-state index is 12.6. The number of fused-ring (bicyclic) bond motifs is 1. The van der Waals surface area contributed by atoms with Crippen LogP contribution in [-0.2, 0) is 21.5 Å². The van der Waals surface area contributed by atoms with Gasteiger partial charge in [0.1, 0.15) is 5.84 Å². The van der Waals surface area contributed by atoms with Crippen LogP contribution in [0, 0.1) is 5.41 Å². The van der Waals surface area contributed by atoms with Crippen LogP contribution >= 0.6 is 37.2 Å². The van der Waals surface area contributed by atoms with Crippen LogP contribution in [0.25, 0.3) is 10.8 Å². The molecule has 14 heteroatoms. The van der Waals surface area contributed by atoms with Crippen molar-refractivity contribution in [3.8, 4) is 0 Å². The average Bonchev–Trinajstić information content (AvgIpc) is 3.10. The van der Waals surface area contributed by atoms with Crippen LogP contribution < -0.4 is 19.7 Å². The standard InChI is InChI=1S/C26H32N6O4S.3ClH/c1-30-12-3-13-31(15-14-30)23-8-10-24(11-9-23)32(37(28,34)35)18-19-4-5-20-6-7-21(17-22(20)16-19)25(27)29-26(33)36-2;;;/h4-11,16-17H,3,12-15,18H2,1-2H3,(H2,27,29,33)(H2,28,34,35);3*1H. The smallest absolute Gasteiger partial charge is 0.412 e. The maximum Gasteiger partial charge on any atom is 0.412 e. The van der Waals surface area contributed by atoms with E-state index >= 15 is 0 Å². The number of carbonyl (C=O) groups is 1. The molecule has 40 heavy (non-hydrogen) atoms. The van der Waals surface area contributed by atoms with Gasteiger partial charge in [-0.2, -0.15) is 8.42 Å². The highest BCUT2D eigenvalue weighted by Crippen LogP contribution is 2.26. The Morgan fingerprint density at radius 3 is 2.30 bits per heavy atom. The molecule has 0 aliphatic carbocycles. The number of ether oxygens (including phenoxy) is 1. The third-order valence-electron chi connectivity index (χ3n) is 6.46. The Labute approximate surface area is 253 Å². The summed E-state index contributed by atoms with van der Waals surface area (Å²) in [6.45, 7) is 3.95. The summed E-state index contributed by atoms with van der Waals surface area (Å²) in [4.78, 5) is 16.1. The third-order valence-corrected chi connectivity index (χ3v) is 7.42. The predicted molar refractivity (Wildman–Crippen MR) is 168 cm³/mol. The first kappa shape index (κ1) is 35.2. The van der Waals surface area contributed by atoms with Gasteiger partial charge in [0.05, 0.1) is 19.3 Å². The van der Waals surface area contributed by atoms with Crippen molar-refractivity contribution in [2.45, 2.75) is 13.0 Å². The molecule has 3 aromatic carbocycles. The number of methoxy groups -OCH3 is 1. The normalized spacial score (nSPS) is 13.6. The van der Waals surface area contributed by atoms with E-state index in [2.05, 4.69) is 26.9 Å². The molecule has 0 bridgehead atoms. The monoisotopic (exact) mass is 632 g/mol. The van der Waals surface area contributed by atoms with Crippen molar-refractivity contribution < 1.29 is 17.9 Å². The summed E-state index contributed by atoms with van der Waals surface area (Å²) in [6, 6.07) is 18.3. The van der Waals surface area contributed by atoms with Gasteiger partial charge in [0.25, 0.3) is 10.2 Å². The molecule has 4 rings (SSSR count). The number of amidine groups is 1. The fourth-order valence-corrected chi connectivity index (χ4v) is 5.15. The second-order valence-corrected chi connectivity index (χ2v) is 10.6. The fourth-order valence-electron chi connectivity index (χ4n) is 4.40. The van der Waals surface area contributed by atoms with Gasteiger partial charge < -0.3 is 14.5 Å². The first-order valence-electron chi connectivity index (χ1n) is 11.9. The molecule has 0 saturated carbocycles. The van der Waals surface area contributed by atoms with Gasteiger partial charge in [0.2, 0.25) is 0 Å². The van der Waals surface area contributed by atoms with E-state index in [9.17, 15) is 13.2 Å². The zero-order chi connectivity index (χ0) is 26.6. The van der Waals surface area contributed by atoms with Gasteiger partial charge in [0.15, 0.2) is 0 Å². The van der Waals surface area contributed by atoms with Crippen molar-refractivity contribution in [3.63, 3.8) is 0 Å². The molecule has 1 aliphatic heterocycles. The Bertz CT molecular complexity index is 1410. The fraction of sp³-hybridized carbons (Fsp3) is 0.308. The molecule has 0 radical (unpaired) electrons. The van der Waals surface area contributed by atoms with E-state index in [1.165, 1.54) is 11.4 Å². The molecule has 220 valence electrons. The summed E-state index contributed by atoms with van der Waals surface area (Å²) in [5, 5.41) is 17.8. The number of hydrogen-bond donors (Lipinski definition) is 3. The molecule has 1 aliphatic rings. The number of nitrogens with one attached hydrogen (secondary N) is 2. The molecule has 0 unspecified atom stereocenters. The molecule has 0 aromatic heterocycles. The zero-order valence-electron chi connectivity index (χ0n) is 22.2. The van der Waals surface area contributed by atoms with Gasteiger partial charge in [0, 0.05) is 30.9 Å². The SMILES string of the molecule is COC(=O)NC(=N)c1ccc2ccc(CN(c3ccc(N4CCCN(C)CC4)cc3)S(N)(=O)=O)cc2c1.Cl.Cl.Cl. The summed E-state index contributed by atoms with van der Waals surface area (Å²) in [7, 11) is -0.692. The van der Waals surface area contributed by atoms with E-state index in [0.717, 1.165) is 54.6 Å². The lowest BCUT2D eigenvalue weighted by molar-refractivity contribution is 0.177. The second kappa shape index (κ2) is 15.3. The zero-order valence-corrected chi connectivity index (χ0v) is 25.5. The predicted octanol–water partition coefficient (Wildman–Crippen LogP) is 4.14. The number of carbonyl (C=O) groups excluding carboxylic acids is 1. The molecular weight excluding hydrogens is 599 g/mol. The topological polar surface area (TPSA) is 132 Å². The number of hydrogen-bond acceptors (Lipinski definition) is 7. The molecule has 0 spiro atoms. The highest BCUT2D eigenvalue weighted by atomic mass is 35.5. The van der Waals surface area contributed by atoms with Gasteiger partial charge in [-0.05, 0) is 72.7 Å². The molecule has 3 aromatic rings. The Hall–Kier alpha value is -2.80. The molecule has 1 amide bonds. The number of alkyl carbamates (subject to hydrolysis) is 1. The first-order valence-corrected chi connectivity index (χ1v) is 13.4. The Kier molecular flexibility index (Phi) is 13.4. The van der Waals surface area contributed by atoms with Gasteiger partial charge >= 0.3 is 6.09 Å². The van der Waals surface area contributed by atoms with Crippen molar-refractivity contribution in [3.05, 3.63) is 71.8 Å². The quantitative estimate of drug-likeness (QED) is 0.276. The minimum Gasteiger partial charge on any atom is -0.453 e. The average molecular weight is 634 g/mol. The van der Waals surface area contributed by atoms with E-state index in [0.29, 0.717) is 11.3 Å². The number of anilines is 2. The molecule has 0 atom stereocenters. The van der Waals surface area contributed by atoms with Gasteiger partial charge in [-0.15, -0.1) is 37.2 Å². The summed E-state index contributed by atoms with van der Waals surface area (Å²) < 4.78 is 30.8. The number of nitrogens with zero attached hydrogens (tertiary/aromatic N) is 3. The van der Waals surface area contributed by atoms with Crippen LogP contribution in [-0.4, -0.2) is 65.6 Å². The lowest BCUT2D eigenvalue weighted by atomic mass is 10.0. The van der Waals surface area contributed by atoms with Crippen molar-refractivity contribution >= 4 is 81.5 Å². The number of benzene rings is 3.